The highest BCUT2D eigenvalue weighted by molar-refractivity contribution is 5.91. The zero-order valence-corrected chi connectivity index (χ0v) is 27.8. The summed E-state index contributed by atoms with van der Waals surface area (Å²) in [4.78, 5) is 2.49. The van der Waals surface area contributed by atoms with Crippen LogP contribution in [-0.2, 0) is 5.41 Å². The van der Waals surface area contributed by atoms with E-state index in [4.69, 9.17) is 0 Å². The minimum Gasteiger partial charge on any atom is -0.313 e. The molecule has 0 saturated heterocycles. The van der Waals surface area contributed by atoms with E-state index in [9.17, 15) is 0 Å². The Morgan fingerprint density at radius 3 is 1.73 bits per heavy atom. The molecular weight excluding hydrogens is 579 g/mol. The number of hydrogen-bond donors (Lipinski definition) is 0. The maximum atomic E-state index is 2.49. The van der Waals surface area contributed by atoms with Crippen LogP contribution in [0.25, 0.3) is 28.3 Å². The molecule has 1 heteroatoms. The third-order valence-corrected chi connectivity index (χ3v) is 10.1. The molecular formula is C47H39N. The molecule has 8 rings (SSSR count). The van der Waals surface area contributed by atoms with Crippen LogP contribution in [0.3, 0.4) is 0 Å². The summed E-state index contributed by atoms with van der Waals surface area (Å²) in [6.07, 6.45) is 12.2. The van der Waals surface area contributed by atoms with E-state index in [1.165, 1.54) is 78.3 Å². The van der Waals surface area contributed by atoms with Crippen LogP contribution in [-0.4, -0.2) is 0 Å². The van der Waals surface area contributed by atoms with Gasteiger partial charge in [0.15, 0.2) is 0 Å². The zero-order chi connectivity index (χ0) is 32.7. The number of rotatable bonds is 4. The second-order valence-electron chi connectivity index (χ2n) is 13.0. The van der Waals surface area contributed by atoms with Gasteiger partial charge in [0.2, 0.25) is 0 Å². The van der Waals surface area contributed by atoms with Crippen molar-refractivity contribution in [3.63, 3.8) is 0 Å². The van der Waals surface area contributed by atoms with Crippen molar-refractivity contribution in [3.05, 3.63) is 208 Å². The third kappa shape index (κ3) is 4.78. The standard InChI is InChI=1S/C47H39N/c1-33-27-29-39(36-18-10-6-11-19-36)31-43(33)47(44-32-40(30-28-34(44)2)37-20-12-7-13-21-37)41-24-14-15-26-45(41)48-35(3)17-8-4-5-9-22-38-23-16-25-42(47)46(38)48/h4,6-32H,5H2,1-3H3/b8-4-,22-9?,35-17+. The van der Waals surface area contributed by atoms with E-state index in [-0.39, 0.29) is 0 Å². The Morgan fingerprint density at radius 2 is 1.08 bits per heavy atom. The van der Waals surface area contributed by atoms with Gasteiger partial charge in [0.25, 0.3) is 0 Å². The van der Waals surface area contributed by atoms with Gasteiger partial charge in [-0.2, -0.15) is 0 Å². The Morgan fingerprint density at radius 1 is 0.500 bits per heavy atom. The van der Waals surface area contributed by atoms with Gasteiger partial charge in [0.1, 0.15) is 0 Å². The second-order valence-corrected chi connectivity index (χ2v) is 13.0. The molecule has 0 aliphatic carbocycles. The minimum atomic E-state index is -0.601. The molecule has 0 saturated carbocycles. The first-order valence-corrected chi connectivity index (χ1v) is 16.9. The second kappa shape index (κ2) is 12.2. The fourth-order valence-electron chi connectivity index (χ4n) is 7.90. The van der Waals surface area contributed by atoms with Crippen molar-refractivity contribution in [1.29, 1.82) is 0 Å². The molecule has 0 atom stereocenters. The summed E-state index contributed by atoms with van der Waals surface area (Å²) < 4.78 is 0. The largest absolute Gasteiger partial charge is 0.313 e. The smallest absolute Gasteiger partial charge is 0.0748 e. The molecule has 2 aliphatic heterocycles. The van der Waals surface area contributed by atoms with Crippen LogP contribution in [0.4, 0.5) is 11.4 Å². The van der Waals surface area contributed by atoms with Gasteiger partial charge in [-0.1, -0.05) is 146 Å². The Kier molecular flexibility index (Phi) is 7.54. The van der Waals surface area contributed by atoms with Gasteiger partial charge in [-0.15, -0.1) is 0 Å². The van der Waals surface area contributed by atoms with E-state index < -0.39 is 5.41 Å². The fraction of sp³-hybridized carbons (Fsp3) is 0.106. The van der Waals surface area contributed by atoms with Gasteiger partial charge in [-0.05, 0) is 113 Å². The summed E-state index contributed by atoms with van der Waals surface area (Å²) in [5.41, 5.74) is 16.9. The summed E-state index contributed by atoms with van der Waals surface area (Å²) in [6.45, 7) is 6.81. The quantitative estimate of drug-likeness (QED) is 0.190. The van der Waals surface area contributed by atoms with Crippen LogP contribution in [0.15, 0.2) is 170 Å². The van der Waals surface area contributed by atoms with Crippen molar-refractivity contribution in [3.8, 4) is 22.3 Å². The Bertz CT molecular complexity index is 2140. The Balaban J connectivity index is 1.57. The number of fused-ring (bicyclic) bond motifs is 2. The fourth-order valence-corrected chi connectivity index (χ4v) is 7.90. The number of benzene rings is 6. The van der Waals surface area contributed by atoms with Gasteiger partial charge < -0.3 is 4.90 Å². The van der Waals surface area contributed by atoms with E-state index in [0.29, 0.717) is 0 Å². The van der Waals surface area contributed by atoms with E-state index in [0.717, 1.165) is 6.42 Å². The van der Waals surface area contributed by atoms with Crippen LogP contribution >= 0.6 is 0 Å². The number of nitrogens with zero attached hydrogens (tertiary/aromatic N) is 1. The molecule has 0 bridgehead atoms. The van der Waals surface area contributed by atoms with Gasteiger partial charge in [-0.25, -0.2) is 0 Å². The molecule has 232 valence electrons. The number of para-hydroxylation sites is 2. The number of aryl methyl sites for hydroxylation is 2. The van der Waals surface area contributed by atoms with Crippen molar-refractivity contribution in [2.45, 2.75) is 32.6 Å². The molecule has 48 heavy (non-hydrogen) atoms. The van der Waals surface area contributed by atoms with Crippen LogP contribution in [0, 0.1) is 13.8 Å². The lowest BCUT2D eigenvalue weighted by Gasteiger charge is -2.48. The SMILES string of the molecule is C/C1=C\C=C/CC=Cc2cccc3c2N1c1ccccc1C3(c1cc(-c2ccccc2)ccc1C)c1cc(-c2ccccc2)ccc1C. The predicted molar refractivity (Wildman–Crippen MR) is 204 cm³/mol. The van der Waals surface area contributed by atoms with Gasteiger partial charge in [0, 0.05) is 5.70 Å². The van der Waals surface area contributed by atoms with Gasteiger partial charge in [0.05, 0.1) is 16.8 Å². The first-order valence-electron chi connectivity index (χ1n) is 16.9. The van der Waals surface area contributed by atoms with Gasteiger partial charge >= 0.3 is 0 Å². The third-order valence-electron chi connectivity index (χ3n) is 10.1. The first kappa shape index (κ1) is 29.7. The molecule has 0 fully saturated rings. The Hall–Kier alpha value is -5.66. The monoisotopic (exact) mass is 617 g/mol. The summed E-state index contributed by atoms with van der Waals surface area (Å²) in [5, 5.41) is 0. The zero-order valence-electron chi connectivity index (χ0n) is 27.8. The maximum absolute atomic E-state index is 2.49. The maximum Gasteiger partial charge on any atom is 0.0748 e. The molecule has 0 N–H and O–H groups in total. The van der Waals surface area contributed by atoms with E-state index >= 15 is 0 Å². The molecule has 0 unspecified atom stereocenters. The highest BCUT2D eigenvalue weighted by atomic mass is 15.2. The number of hydrogen-bond acceptors (Lipinski definition) is 1. The first-order chi connectivity index (χ1) is 23.6. The van der Waals surface area contributed by atoms with E-state index in [2.05, 4.69) is 196 Å². The van der Waals surface area contributed by atoms with Crippen molar-refractivity contribution >= 4 is 17.5 Å². The molecule has 0 amide bonds. The lowest BCUT2D eigenvalue weighted by atomic mass is 9.60. The van der Waals surface area contributed by atoms with Crippen molar-refractivity contribution in [1.82, 2.24) is 0 Å². The van der Waals surface area contributed by atoms with Crippen LogP contribution in [0.2, 0.25) is 0 Å². The van der Waals surface area contributed by atoms with E-state index in [1.807, 2.05) is 0 Å². The van der Waals surface area contributed by atoms with Crippen molar-refractivity contribution < 1.29 is 0 Å². The van der Waals surface area contributed by atoms with E-state index in [1.54, 1.807) is 0 Å². The van der Waals surface area contributed by atoms with Crippen LogP contribution < -0.4 is 4.90 Å². The summed E-state index contributed by atoms with van der Waals surface area (Å²) in [7, 11) is 0. The molecule has 6 aromatic rings. The molecule has 6 aromatic carbocycles. The molecule has 0 spiro atoms. The highest BCUT2D eigenvalue weighted by Gasteiger charge is 2.48. The molecule has 1 nitrogen and oxygen atoms in total. The van der Waals surface area contributed by atoms with Crippen LogP contribution in [0.5, 0.6) is 0 Å². The number of anilines is 2. The summed E-state index contributed by atoms with van der Waals surface area (Å²) >= 11 is 0. The van der Waals surface area contributed by atoms with Crippen molar-refractivity contribution in [2.24, 2.45) is 0 Å². The van der Waals surface area contributed by atoms with Gasteiger partial charge in [-0.3, -0.25) is 0 Å². The lowest BCUT2D eigenvalue weighted by Crippen LogP contribution is -2.40. The molecule has 0 aromatic heterocycles. The summed E-state index contributed by atoms with van der Waals surface area (Å²) in [6, 6.07) is 51.7. The lowest BCUT2D eigenvalue weighted by molar-refractivity contribution is 0.716. The minimum absolute atomic E-state index is 0.601. The predicted octanol–water partition coefficient (Wildman–Crippen LogP) is 12.3. The molecule has 0 radical (unpaired) electrons. The average Bonchev–Trinajstić information content (AvgIpc) is 3.13. The topological polar surface area (TPSA) is 3.24 Å². The highest BCUT2D eigenvalue weighted by Crippen LogP contribution is 2.59. The summed E-state index contributed by atoms with van der Waals surface area (Å²) in [5.74, 6) is 0. The molecule has 2 aliphatic rings. The molecule has 2 heterocycles. The number of allylic oxidation sites excluding steroid dienone is 5. The Labute approximate surface area is 284 Å². The normalized spacial score (nSPS) is 16.3. The average molecular weight is 618 g/mol. The van der Waals surface area contributed by atoms with Crippen LogP contribution in [0.1, 0.15) is 52.3 Å². The van der Waals surface area contributed by atoms with Crippen molar-refractivity contribution in [2.75, 3.05) is 4.90 Å².